The Morgan fingerprint density at radius 3 is 2.69 bits per heavy atom. The topological polar surface area (TPSA) is 44.7 Å². The van der Waals surface area contributed by atoms with E-state index < -0.39 is 0 Å². The molecule has 0 aromatic carbocycles. The molecule has 0 spiro atoms. The highest BCUT2D eigenvalue weighted by atomic mass is 16.5. The fourth-order valence-corrected chi connectivity index (χ4v) is 3.00. The Hall–Kier alpha value is -0.160. The third-order valence-electron chi connectivity index (χ3n) is 4.06. The van der Waals surface area contributed by atoms with E-state index >= 15 is 0 Å². The van der Waals surface area contributed by atoms with Gasteiger partial charge in [0.05, 0.1) is 25.9 Å². The first-order chi connectivity index (χ1) is 7.85. The first-order valence-electron chi connectivity index (χ1n) is 6.46. The van der Waals surface area contributed by atoms with E-state index in [1.54, 1.807) is 0 Å². The number of nitrogens with one attached hydrogen (secondary N) is 1. The summed E-state index contributed by atoms with van der Waals surface area (Å²) < 4.78 is 5.42. The lowest BCUT2D eigenvalue weighted by Crippen LogP contribution is -2.53. The molecule has 4 heteroatoms. The Morgan fingerprint density at radius 2 is 2.06 bits per heavy atom. The van der Waals surface area contributed by atoms with Gasteiger partial charge in [0.2, 0.25) is 0 Å². The van der Waals surface area contributed by atoms with E-state index in [0.29, 0.717) is 18.7 Å². The Labute approximate surface area is 98.0 Å². The molecule has 2 N–H and O–H groups in total. The molecule has 2 fully saturated rings. The van der Waals surface area contributed by atoms with Crippen molar-refractivity contribution < 1.29 is 9.84 Å². The molecule has 94 valence electrons. The van der Waals surface area contributed by atoms with Crippen molar-refractivity contribution in [1.29, 1.82) is 0 Å². The van der Waals surface area contributed by atoms with E-state index in [4.69, 9.17) is 4.74 Å². The maximum absolute atomic E-state index is 9.36. The van der Waals surface area contributed by atoms with Crippen molar-refractivity contribution in [3.8, 4) is 0 Å². The number of nitrogens with zero attached hydrogens (tertiary/aromatic N) is 1. The molecule has 1 atom stereocenters. The van der Waals surface area contributed by atoms with Crippen LogP contribution in [0, 0.1) is 0 Å². The number of hydrogen-bond acceptors (Lipinski definition) is 4. The van der Waals surface area contributed by atoms with Crippen molar-refractivity contribution in [2.75, 3.05) is 33.4 Å². The Kier molecular flexibility index (Phi) is 4.58. The summed E-state index contributed by atoms with van der Waals surface area (Å²) in [5.74, 6) is 0. The summed E-state index contributed by atoms with van der Waals surface area (Å²) >= 11 is 0. The molecular formula is C12H24N2O2. The summed E-state index contributed by atoms with van der Waals surface area (Å²) in [6, 6.07) is 1.58. The van der Waals surface area contributed by atoms with Crippen molar-refractivity contribution in [2.45, 2.75) is 43.8 Å². The molecule has 2 rings (SSSR count). The molecule has 1 aliphatic heterocycles. The molecule has 0 aromatic rings. The predicted octanol–water partition coefficient (Wildman–Crippen LogP) is 0.210. The first kappa shape index (κ1) is 12.3. The van der Waals surface area contributed by atoms with Gasteiger partial charge >= 0.3 is 0 Å². The number of morpholine rings is 1. The predicted molar refractivity (Wildman–Crippen MR) is 63.5 cm³/mol. The normalized spacial score (nSPS) is 37.5. The van der Waals surface area contributed by atoms with Gasteiger partial charge in [0.15, 0.2) is 0 Å². The van der Waals surface area contributed by atoms with Crippen molar-refractivity contribution in [3.05, 3.63) is 0 Å². The lowest BCUT2D eigenvalue weighted by Gasteiger charge is -2.43. The zero-order valence-electron chi connectivity index (χ0n) is 10.2. The quantitative estimate of drug-likeness (QED) is 0.725. The summed E-state index contributed by atoms with van der Waals surface area (Å²) in [6.07, 6.45) is 5.03. The Morgan fingerprint density at radius 1 is 1.31 bits per heavy atom. The van der Waals surface area contributed by atoms with Crippen LogP contribution in [0.15, 0.2) is 0 Å². The van der Waals surface area contributed by atoms with E-state index in [-0.39, 0.29) is 12.6 Å². The van der Waals surface area contributed by atoms with Gasteiger partial charge in [0.25, 0.3) is 0 Å². The maximum Gasteiger partial charge on any atom is 0.0644 e. The third-order valence-corrected chi connectivity index (χ3v) is 4.06. The molecule has 0 radical (unpaired) electrons. The number of aliphatic hydroxyl groups excluding tert-OH is 1. The van der Waals surface area contributed by atoms with Crippen molar-refractivity contribution in [2.24, 2.45) is 0 Å². The summed E-state index contributed by atoms with van der Waals surface area (Å²) in [4.78, 5) is 2.47. The zero-order valence-corrected chi connectivity index (χ0v) is 10.2. The molecule has 2 aliphatic rings. The van der Waals surface area contributed by atoms with Crippen molar-refractivity contribution in [1.82, 2.24) is 10.2 Å². The van der Waals surface area contributed by atoms with Crippen LogP contribution in [0.5, 0.6) is 0 Å². The monoisotopic (exact) mass is 228 g/mol. The van der Waals surface area contributed by atoms with E-state index in [2.05, 4.69) is 17.3 Å². The molecule has 1 aliphatic carbocycles. The minimum Gasteiger partial charge on any atom is -0.395 e. The molecule has 0 amide bonds. The van der Waals surface area contributed by atoms with Gasteiger partial charge in [-0.05, 0) is 32.7 Å². The van der Waals surface area contributed by atoms with E-state index in [9.17, 15) is 5.11 Å². The van der Waals surface area contributed by atoms with Gasteiger partial charge in [-0.1, -0.05) is 0 Å². The molecule has 1 saturated carbocycles. The van der Waals surface area contributed by atoms with Crippen LogP contribution in [-0.4, -0.2) is 61.5 Å². The smallest absolute Gasteiger partial charge is 0.0644 e. The fourth-order valence-electron chi connectivity index (χ4n) is 3.00. The molecule has 1 heterocycles. The van der Waals surface area contributed by atoms with Gasteiger partial charge in [0.1, 0.15) is 0 Å². The number of aliphatic hydroxyl groups is 1. The summed E-state index contributed by atoms with van der Waals surface area (Å²) in [5.41, 5.74) is 0. The van der Waals surface area contributed by atoms with Gasteiger partial charge in [-0.15, -0.1) is 0 Å². The Bertz CT molecular complexity index is 205. The van der Waals surface area contributed by atoms with Gasteiger partial charge < -0.3 is 15.2 Å². The van der Waals surface area contributed by atoms with Crippen LogP contribution in [0.3, 0.4) is 0 Å². The molecule has 4 nitrogen and oxygen atoms in total. The largest absolute Gasteiger partial charge is 0.395 e. The zero-order chi connectivity index (χ0) is 11.4. The van der Waals surface area contributed by atoms with Crippen molar-refractivity contribution in [3.63, 3.8) is 0 Å². The second-order valence-electron chi connectivity index (χ2n) is 4.94. The van der Waals surface area contributed by atoms with Gasteiger partial charge in [-0.3, -0.25) is 4.90 Å². The molecule has 0 bridgehead atoms. The minimum absolute atomic E-state index is 0.227. The molecule has 16 heavy (non-hydrogen) atoms. The summed E-state index contributed by atoms with van der Waals surface area (Å²) in [7, 11) is 2.05. The third kappa shape index (κ3) is 2.74. The molecule has 1 unspecified atom stereocenters. The second kappa shape index (κ2) is 5.96. The van der Waals surface area contributed by atoms with Crippen molar-refractivity contribution >= 4 is 0 Å². The average Bonchev–Trinajstić information content (AvgIpc) is 2.39. The van der Waals surface area contributed by atoms with E-state index in [1.165, 1.54) is 25.7 Å². The van der Waals surface area contributed by atoms with Crippen LogP contribution < -0.4 is 5.32 Å². The summed E-state index contributed by atoms with van der Waals surface area (Å²) in [5, 5.41) is 12.7. The van der Waals surface area contributed by atoms with Crippen LogP contribution in [0.2, 0.25) is 0 Å². The highest BCUT2D eigenvalue weighted by molar-refractivity contribution is 4.86. The highest BCUT2D eigenvalue weighted by Crippen LogP contribution is 2.25. The number of rotatable bonds is 3. The lowest BCUT2D eigenvalue weighted by molar-refractivity contribution is -0.0544. The first-order valence-corrected chi connectivity index (χ1v) is 6.46. The van der Waals surface area contributed by atoms with Crippen LogP contribution >= 0.6 is 0 Å². The molecule has 0 aromatic heterocycles. The summed E-state index contributed by atoms with van der Waals surface area (Å²) in [6.45, 7) is 2.73. The van der Waals surface area contributed by atoms with Crippen LogP contribution in [0.25, 0.3) is 0 Å². The van der Waals surface area contributed by atoms with Crippen LogP contribution in [0.4, 0.5) is 0 Å². The van der Waals surface area contributed by atoms with E-state index in [1.807, 2.05) is 0 Å². The number of hydrogen-bond donors (Lipinski definition) is 2. The highest BCUT2D eigenvalue weighted by Gasteiger charge is 2.31. The Balaban J connectivity index is 1.86. The van der Waals surface area contributed by atoms with Gasteiger partial charge in [0, 0.05) is 18.6 Å². The van der Waals surface area contributed by atoms with Gasteiger partial charge in [-0.25, -0.2) is 0 Å². The fraction of sp³-hybridized carbons (Fsp3) is 1.00. The SMILES string of the molecule is CNC1CCC(N2CCOCC2CO)CC1. The van der Waals surface area contributed by atoms with Gasteiger partial charge in [-0.2, -0.15) is 0 Å². The second-order valence-corrected chi connectivity index (χ2v) is 4.94. The lowest BCUT2D eigenvalue weighted by atomic mass is 9.89. The maximum atomic E-state index is 9.36. The average molecular weight is 228 g/mol. The molecule has 1 saturated heterocycles. The number of ether oxygens (including phenoxy) is 1. The van der Waals surface area contributed by atoms with E-state index in [0.717, 1.165) is 13.2 Å². The standard InChI is InChI=1S/C12H24N2O2/c1-13-10-2-4-11(5-3-10)14-6-7-16-9-12(14)8-15/h10-13,15H,2-9H2,1H3. The molecular weight excluding hydrogens is 204 g/mol. The van der Waals surface area contributed by atoms with Crippen LogP contribution in [0.1, 0.15) is 25.7 Å². The minimum atomic E-state index is 0.227. The van der Waals surface area contributed by atoms with Crippen LogP contribution in [-0.2, 0) is 4.74 Å².